The lowest BCUT2D eigenvalue weighted by atomic mass is 10.2. The number of rotatable bonds is 2. The van der Waals surface area contributed by atoms with Gasteiger partial charge in [0, 0.05) is 19.4 Å². The highest BCUT2D eigenvalue weighted by atomic mass is 127. The molecule has 0 aliphatic carbocycles. The molecule has 0 radical (unpaired) electrons. The fourth-order valence-electron chi connectivity index (χ4n) is 1.42. The molecule has 0 unspecified atom stereocenters. The van der Waals surface area contributed by atoms with E-state index >= 15 is 0 Å². The third-order valence-corrected chi connectivity index (χ3v) is 4.64. The lowest BCUT2D eigenvalue weighted by Gasteiger charge is -2.08. The Morgan fingerprint density at radius 1 is 1.17 bits per heavy atom. The van der Waals surface area contributed by atoms with Crippen LogP contribution in [-0.2, 0) is 0 Å². The molecule has 0 saturated heterocycles. The maximum absolute atomic E-state index is 13.4. The predicted octanol–water partition coefficient (Wildman–Crippen LogP) is 4.81. The van der Waals surface area contributed by atoms with Crippen molar-refractivity contribution < 1.29 is 4.39 Å². The van der Waals surface area contributed by atoms with Crippen molar-refractivity contribution in [2.24, 2.45) is 0 Å². The van der Waals surface area contributed by atoms with Crippen LogP contribution in [0.5, 0.6) is 0 Å². The van der Waals surface area contributed by atoms with E-state index in [0.717, 1.165) is 13.7 Å². The number of hydrogen-bond donors (Lipinski definition) is 1. The van der Waals surface area contributed by atoms with Crippen LogP contribution in [0.2, 0.25) is 0 Å². The standard InChI is InChI=1S/C13H7BrFIN2/c14-11-5-9(3-4-13(11)16)18-10-2-1-8(7-17)12(15)6-10/h1-6,18H. The van der Waals surface area contributed by atoms with Gasteiger partial charge in [-0.25, -0.2) is 4.39 Å². The summed E-state index contributed by atoms with van der Waals surface area (Å²) in [4.78, 5) is 0. The molecular formula is C13H7BrFIN2. The van der Waals surface area contributed by atoms with Gasteiger partial charge in [-0.1, -0.05) is 0 Å². The minimum absolute atomic E-state index is 0.0457. The summed E-state index contributed by atoms with van der Waals surface area (Å²) >= 11 is 5.65. The lowest BCUT2D eigenvalue weighted by Crippen LogP contribution is -1.93. The molecule has 2 nitrogen and oxygen atoms in total. The second-order valence-corrected chi connectivity index (χ2v) is 5.58. The molecule has 0 saturated carbocycles. The van der Waals surface area contributed by atoms with E-state index in [0.29, 0.717) is 5.69 Å². The topological polar surface area (TPSA) is 35.8 Å². The molecule has 2 rings (SSSR count). The van der Waals surface area contributed by atoms with Crippen molar-refractivity contribution in [2.75, 3.05) is 5.32 Å². The summed E-state index contributed by atoms with van der Waals surface area (Å²) < 4.78 is 15.5. The molecule has 0 fully saturated rings. The number of halogens is 3. The highest BCUT2D eigenvalue weighted by molar-refractivity contribution is 14.1. The van der Waals surface area contributed by atoms with Crippen molar-refractivity contribution in [1.82, 2.24) is 0 Å². The van der Waals surface area contributed by atoms with Crippen molar-refractivity contribution in [1.29, 1.82) is 5.26 Å². The molecule has 1 N–H and O–H groups in total. The average Bonchev–Trinajstić information content (AvgIpc) is 2.34. The van der Waals surface area contributed by atoms with E-state index in [1.807, 2.05) is 18.2 Å². The smallest absolute Gasteiger partial charge is 0.143 e. The van der Waals surface area contributed by atoms with E-state index in [1.54, 1.807) is 12.1 Å². The van der Waals surface area contributed by atoms with Gasteiger partial charge in [0.2, 0.25) is 0 Å². The van der Waals surface area contributed by atoms with Crippen LogP contribution in [0.15, 0.2) is 40.9 Å². The summed E-state index contributed by atoms with van der Waals surface area (Å²) in [5, 5.41) is 11.7. The van der Waals surface area contributed by atoms with Crippen LogP contribution in [-0.4, -0.2) is 0 Å². The van der Waals surface area contributed by atoms with Gasteiger partial charge in [-0.05, 0) is 74.9 Å². The molecule has 90 valence electrons. The van der Waals surface area contributed by atoms with Gasteiger partial charge in [-0.2, -0.15) is 5.26 Å². The molecule has 2 aromatic rings. The second kappa shape index (κ2) is 5.67. The van der Waals surface area contributed by atoms with Gasteiger partial charge in [0.15, 0.2) is 0 Å². The molecule has 0 atom stereocenters. The van der Waals surface area contributed by atoms with E-state index in [9.17, 15) is 4.39 Å². The quantitative estimate of drug-likeness (QED) is 0.713. The molecule has 0 amide bonds. The van der Waals surface area contributed by atoms with Crippen LogP contribution >= 0.6 is 38.5 Å². The third-order valence-electron chi connectivity index (χ3n) is 2.30. The lowest BCUT2D eigenvalue weighted by molar-refractivity contribution is 0.624. The maximum atomic E-state index is 13.4. The summed E-state index contributed by atoms with van der Waals surface area (Å²) in [6.45, 7) is 0. The van der Waals surface area contributed by atoms with Gasteiger partial charge in [0.1, 0.15) is 11.9 Å². The Kier molecular flexibility index (Phi) is 4.19. The number of benzene rings is 2. The SMILES string of the molecule is N#Cc1ccc(Nc2ccc(I)c(Br)c2)cc1F. The number of nitrogens with zero attached hydrogens (tertiary/aromatic N) is 1. The Hall–Kier alpha value is -1.13. The normalized spacial score (nSPS) is 9.89. The number of hydrogen-bond acceptors (Lipinski definition) is 2. The van der Waals surface area contributed by atoms with E-state index in [-0.39, 0.29) is 5.56 Å². The van der Waals surface area contributed by atoms with Gasteiger partial charge in [-0.15, -0.1) is 0 Å². The minimum Gasteiger partial charge on any atom is -0.355 e. The first-order valence-corrected chi connectivity index (χ1v) is 6.89. The minimum atomic E-state index is -0.521. The molecule has 0 aliphatic rings. The van der Waals surface area contributed by atoms with Gasteiger partial charge in [0.25, 0.3) is 0 Å². The molecule has 0 aromatic heterocycles. The highest BCUT2D eigenvalue weighted by Crippen LogP contribution is 2.25. The van der Waals surface area contributed by atoms with Crippen molar-refractivity contribution in [2.45, 2.75) is 0 Å². The summed E-state index contributed by atoms with van der Waals surface area (Å²) in [6.07, 6.45) is 0. The second-order valence-electron chi connectivity index (χ2n) is 3.56. The van der Waals surface area contributed by atoms with E-state index < -0.39 is 5.82 Å². The first kappa shape index (κ1) is 13.3. The summed E-state index contributed by atoms with van der Waals surface area (Å²) in [5.74, 6) is -0.521. The Labute approximate surface area is 126 Å². The molecule has 18 heavy (non-hydrogen) atoms. The largest absolute Gasteiger partial charge is 0.355 e. The summed E-state index contributed by atoms with van der Waals surface area (Å²) in [5.41, 5.74) is 1.51. The molecule has 5 heteroatoms. The zero-order valence-electron chi connectivity index (χ0n) is 9.05. The van der Waals surface area contributed by atoms with Crippen molar-refractivity contribution in [3.05, 3.63) is 55.8 Å². The first-order chi connectivity index (χ1) is 8.60. The molecule has 0 bridgehead atoms. The predicted molar refractivity (Wildman–Crippen MR) is 81.3 cm³/mol. The van der Waals surface area contributed by atoms with Crippen molar-refractivity contribution in [3.63, 3.8) is 0 Å². The zero-order chi connectivity index (χ0) is 13.1. The fraction of sp³-hybridized carbons (Fsp3) is 0. The average molecular weight is 417 g/mol. The van der Waals surface area contributed by atoms with Gasteiger partial charge in [-0.3, -0.25) is 0 Å². The monoisotopic (exact) mass is 416 g/mol. The van der Waals surface area contributed by atoms with Crippen molar-refractivity contribution >= 4 is 49.9 Å². The van der Waals surface area contributed by atoms with Crippen LogP contribution in [0.1, 0.15) is 5.56 Å². The van der Waals surface area contributed by atoms with Crippen LogP contribution in [0, 0.1) is 20.7 Å². The van der Waals surface area contributed by atoms with Crippen LogP contribution in [0.4, 0.5) is 15.8 Å². The number of nitrogens with one attached hydrogen (secondary N) is 1. The van der Waals surface area contributed by atoms with Crippen LogP contribution in [0.3, 0.4) is 0 Å². The molecule has 0 spiro atoms. The Morgan fingerprint density at radius 2 is 1.83 bits per heavy atom. The maximum Gasteiger partial charge on any atom is 0.143 e. The summed E-state index contributed by atoms with van der Waals surface area (Å²) in [6, 6.07) is 12.0. The molecule has 0 aliphatic heterocycles. The Morgan fingerprint density at radius 3 is 2.44 bits per heavy atom. The third kappa shape index (κ3) is 3.00. The Bertz CT molecular complexity index is 637. The van der Waals surface area contributed by atoms with E-state index in [4.69, 9.17) is 5.26 Å². The number of anilines is 2. The molecule has 2 aromatic carbocycles. The highest BCUT2D eigenvalue weighted by Gasteiger charge is 2.04. The zero-order valence-corrected chi connectivity index (χ0v) is 12.8. The number of nitriles is 1. The van der Waals surface area contributed by atoms with E-state index in [1.165, 1.54) is 12.1 Å². The molecular weight excluding hydrogens is 410 g/mol. The van der Waals surface area contributed by atoms with Gasteiger partial charge < -0.3 is 5.32 Å². The van der Waals surface area contributed by atoms with Crippen molar-refractivity contribution in [3.8, 4) is 6.07 Å². The summed E-state index contributed by atoms with van der Waals surface area (Å²) in [7, 11) is 0. The fourth-order valence-corrected chi connectivity index (χ4v) is 2.14. The first-order valence-electron chi connectivity index (χ1n) is 5.02. The molecule has 0 heterocycles. The van der Waals surface area contributed by atoms with Crippen LogP contribution < -0.4 is 5.32 Å². The van der Waals surface area contributed by atoms with Gasteiger partial charge >= 0.3 is 0 Å². The Balaban J connectivity index is 2.26. The van der Waals surface area contributed by atoms with Crippen LogP contribution in [0.25, 0.3) is 0 Å². The van der Waals surface area contributed by atoms with E-state index in [2.05, 4.69) is 43.8 Å². The van der Waals surface area contributed by atoms with Gasteiger partial charge in [0.05, 0.1) is 5.56 Å².